The summed E-state index contributed by atoms with van der Waals surface area (Å²) in [5.41, 5.74) is 2.06. The quantitative estimate of drug-likeness (QED) is 0.539. The third kappa shape index (κ3) is 5.97. The number of amides is 2. The summed E-state index contributed by atoms with van der Waals surface area (Å²) in [7, 11) is 0. The minimum atomic E-state index is -2.65. The van der Waals surface area contributed by atoms with Crippen molar-refractivity contribution in [3.05, 3.63) is 58.6 Å². The summed E-state index contributed by atoms with van der Waals surface area (Å²) < 4.78 is 51.4. The molecular formula is C22H21ClF4N2O2. The van der Waals surface area contributed by atoms with Crippen LogP contribution in [0.2, 0.25) is 5.02 Å². The summed E-state index contributed by atoms with van der Waals surface area (Å²) in [4.78, 5) is 21.6. The lowest BCUT2D eigenvalue weighted by Crippen LogP contribution is -2.06. The fourth-order valence-electron chi connectivity index (χ4n) is 3.25. The molecule has 2 N–H and O–H groups in total. The van der Waals surface area contributed by atoms with E-state index in [1.807, 2.05) is 0 Å². The van der Waals surface area contributed by atoms with Gasteiger partial charge in [0.05, 0.1) is 11.8 Å². The molecule has 0 spiro atoms. The van der Waals surface area contributed by atoms with Gasteiger partial charge in [-0.2, -0.15) is 0 Å². The second-order valence-electron chi connectivity index (χ2n) is 7.76. The molecule has 31 heavy (non-hydrogen) atoms. The Bertz CT molecular complexity index is 1010. The Morgan fingerprint density at radius 2 is 1.39 bits per heavy atom. The van der Waals surface area contributed by atoms with Gasteiger partial charge in [-0.1, -0.05) is 23.7 Å². The van der Waals surface area contributed by atoms with E-state index in [-0.39, 0.29) is 24.7 Å². The van der Waals surface area contributed by atoms with E-state index in [0.717, 1.165) is 0 Å². The van der Waals surface area contributed by atoms with Crippen molar-refractivity contribution < 1.29 is 27.2 Å². The molecule has 0 bridgehead atoms. The van der Waals surface area contributed by atoms with Crippen LogP contribution >= 0.6 is 11.6 Å². The molecule has 4 nitrogen and oxygen atoms in total. The van der Waals surface area contributed by atoms with E-state index in [1.54, 1.807) is 30.3 Å². The van der Waals surface area contributed by atoms with E-state index in [0.29, 0.717) is 27.5 Å². The minimum absolute atomic E-state index is 0.0868. The smallest absolute Gasteiger partial charge is 0.255 e. The molecule has 0 aliphatic heterocycles. The molecule has 0 heterocycles. The second kappa shape index (κ2) is 8.49. The van der Waals surface area contributed by atoms with Crippen molar-refractivity contribution in [1.29, 1.82) is 0 Å². The average molecular weight is 457 g/mol. The van der Waals surface area contributed by atoms with Gasteiger partial charge in [-0.3, -0.25) is 9.59 Å². The lowest BCUT2D eigenvalue weighted by Gasteiger charge is -2.07. The number of halogens is 5. The predicted octanol–water partition coefficient (Wildman–Crippen LogP) is 6.19. The van der Waals surface area contributed by atoms with Crippen molar-refractivity contribution in [2.24, 2.45) is 0 Å². The van der Waals surface area contributed by atoms with Crippen LogP contribution in [0.5, 0.6) is 0 Å². The molecule has 0 aromatic heterocycles. The molecule has 2 aliphatic carbocycles. The summed E-state index contributed by atoms with van der Waals surface area (Å²) in [5, 5.41) is 5.43. The van der Waals surface area contributed by atoms with Crippen LogP contribution in [0.15, 0.2) is 42.5 Å². The third-order valence-corrected chi connectivity index (χ3v) is 5.30. The van der Waals surface area contributed by atoms with E-state index in [9.17, 15) is 27.2 Å². The number of hydrogen-bond donors (Lipinski definition) is 2. The van der Waals surface area contributed by atoms with Gasteiger partial charge >= 0.3 is 0 Å². The molecule has 166 valence electrons. The van der Waals surface area contributed by atoms with E-state index >= 15 is 0 Å². The zero-order valence-electron chi connectivity index (χ0n) is 16.8. The highest BCUT2D eigenvalue weighted by Crippen LogP contribution is 2.57. The fourth-order valence-corrected chi connectivity index (χ4v) is 3.50. The van der Waals surface area contributed by atoms with Crippen molar-refractivity contribution in [3.8, 4) is 0 Å². The summed E-state index contributed by atoms with van der Waals surface area (Å²) in [6.45, 7) is 2.75. The minimum Gasteiger partial charge on any atom is -0.326 e. The molecule has 2 fully saturated rings. The number of alkyl halides is 4. The summed E-state index contributed by atoms with van der Waals surface area (Å²) in [6.07, 6.45) is -0.257. The topological polar surface area (TPSA) is 58.2 Å². The van der Waals surface area contributed by atoms with Gasteiger partial charge in [0.25, 0.3) is 11.8 Å². The van der Waals surface area contributed by atoms with Gasteiger partial charge in [-0.05, 0) is 41.5 Å². The monoisotopic (exact) mass is 456 g/mol. The Balaban J connectivity index is 0.000000176. The van der Waals surface area contributed by atoms with Crippen LogP contribution < -0.4 is 10.6 Å². The van der Waals surface area contributed by atoms with Gasteiger partial charge in [-0.15, -0.1) is 0 Å². The highest BCUT2D eigenvalue weighted by atomic mass is 35.5. The zero-order chi connectivity index (χ0) is 23.0. The molecular weight excluding hydrogens is 436 g/mol. The first kappa shape index (κ1) is 23.1. The standard InChI is InChI=1S/C11H10ClF2NO.C11H11F2NO/c1-6(16)15-7-2-3-10(12)8(4-7)9-5-11(9,13)14;1-7(15)14-9-4-2-3-8(5-9)10-6-11(10,12)13/h2-4,9H,5H2,1H3,(H,15,16);2-5,10H,6H2,1H3,(H,14,15). The Kier molecular flexibility index (Phi) is 6.32. The molecule has 0 radical (unpaired) electrons. The van der Waals surface area contributed by atoms with Gasteiger partial charge in [0, 0.05) is 43.1 Å². The molecule has 2 aromatic carbocycles. The maximum atomic E-state index is 12.9. The number of anilines is 2. The Morgan fingerprint density at radius 3 is 1.87 bits per heavy atom. The Hall–Kier alpha value is -2.61. The van der Waals surface area contributed by atoms with Crippen LogP contribution in [0.3, 0.4) is 0 Å². The second-order valence-corrected chi connectivity index (χ2v) is 8.17. The zero-order valence-corrected chi connectivity index (χ0v) is 17.6. The summed E-state index contributed by atoms with van der Waals surface area (Å²) in [6, 6.07) is 11.3. The SMILES string of the molecule is CC(=O)Nc1ccc(Cl)c(C2CC2(F)F)c1.CC(=O)Nc1cccc(C2CC2(F)F)c1. The van der Waals surface area contributed by atoms with Crippen LogP contribution in [-0.2, 0) is 9.59 Å². The lowest BCUT2D eigenvalue weighted by atomic mass is 10.1. The summed E-state index contributed by atoms with van der Waals surface area (Å²) >= 11 is 5.85. The van der Waals surface area contributed by atoms with Gasteiger partial charge in [0.1, 0.15) is 0 Å². The molecule has 2 unspecified atom stereocenters. The van der Waals surface area contributed by atoms with Crippen molar-refractivity contribution >= 4 is 34.8 Å². The number of carbonyl (C=O) groups excluding carboxylic acids is 2. The Labute approximate surface area is 182 Å². The maximum absolute atomic E-state index is 12.9. The number of rotatable bonds is 4. The molecule has 4 rings (SSSR count). The fraction of sp³-hybridized carbons (Fsp3) is 0.364. The van der Waals surface area contributed by atoms with Crippen molar-refractivity contribution in [2.45, 2.75) is 50.4 Å². The highest BCUT2D eigenvalue weighted by Gasteiger charge is 2.58. The molecule has 9 heteroatoms. The number of benzene rings is 2. The summed E-state index contributed by atoms with van der Waals surface area (Å²) in [5.74, 6) is -7.14. The van der Waals surface area contributed by atoms with E-state index in [4.69, 9.17) is 11.6 Å². The number of nitrogens with one attached hydrogen (secondary N) is 2. The van der Waals surface area contributed by atoms with Crippen molar-refractivity contribution in [3.63, 3.8) is 0 Å². The first-order valence-corrected chi connectivity index (χ1v) is 9.97. The molecule has 2 atom stereocenters. The maximum Gasteiger partial charge on any atom is 0.255 e. The number of hydrogen-bond acceptors (Lipinski definition) is 2. The van der Waals surface area contributed by atoms with Crippen LogP contribution in [0.4, 0.5) is 28.9 Å². The van der Waals surface area contributed by atoms with E-state index in [2.05, 4.69) is 10.6 Å². The average Bonchev–Trinajstić information content (AvgIpc) is 3.50. The molecule has 2 saturated carbocycles. The van der Waals surface area contributed by atoms with Gasteiger partial charge in [0.2, 0.25) is 11.8 Å². The Morgan fingerprint density at radius 1 is 0.871 bits per heavy atom. The molecule has 2 aromatic rings. The molecule has 2 aliphatic rings. The van der Waals surface area contributed by atoms with Crippen LogP contribution in [0.25, 0.3) is 0 Å². The molecule has 2 amide bonds. The lowest BCUT2D eigenvalue weighted by molar-refractivity contribution is -0.115. The van der Waals surface area contributed by atoms with Crippen molar-refractivity contribution in [1.82, 2.24) is 0 Å². The van der Waals surface area contributed by atoms with Crippen LogP contribution in [-0.4, -0.2) is 23.7 Å². The first-order chi connectivity index (χ1) is 14.4. The predicted molar refractivity (Wildman–Crippen MR) is 111 cm³/mol. The van der Waals surface area contributed by atoms with Gasteiger partial charge < -0.3 is 10.6 Å². The van der Waals surface area contributed by atoms with Crippen LogP contribution in [0, 0.1) is 0 Å². The first-order valence-electron chi connectivity index (χ1n) is 9.59. The van der Waals surface area contributed by atoms with Crippen molar-refractivity contribution in [2.75, 3.05) is 10.6 Å². The third-order valence-electron chi connectivity index (χ3n) is 4.95. The van der Waals surface area contributed by atoms with Gasteiger partial charge in [-0.25, -0.2) is 17.6 Å². The normalized spacial score (nSPS) is 21.9. The largest absolute Gasteiger partial charge is 0.326 e. The van der Waals surface area contributed by atoms with E-state index in [1.165, 1.54) is 26.0 Å². The highest BCUT2D eigenvalue weighted by molar-refractivity contribution is 6.31. The molecule has 0 saturated heterocycles. The number of carbonyl (C=O) groups is 2. The van der Waals surface area contributed by atoms with Crippen LogP contribution in [0.1, 0.15) is 49.7 Å². The van der Waals surface area contributed by atoms with E-state index < -0.39 is 23.7 Å². The van der Waals surface area contributed by atoms with Gasteiger partial charge in [0.15, 0.2) is 0 Å².